The zero-order valence-corrected chi connectivity index (χ0v) is 19.9. The molecule has 29 heavy (non-hydrogen) atoms. The van der Waals surface area contributed by atoms with Gasteiger partial charge < -0.3 is 14.6 Å². The van der Waals surface area contributed by atoms with E-state index < -0.39 is 0 Å². The van der Waals surface area contributed by atoms with Gasteiger partial charge in [0, 0.05) is 37.6 Å². The van der Waals surface area contributed by atoms with Gasteiger partial charge in [-0.3, -0.25) is 0 Å². The van der Waals surface area contributed by atoms with Gasteiger partial charge in [0.05, 0.1) is 0 Å². The molecule has 1 saturated heterocycles. The quantitative estimate of drug-likeness (QED) is 0.591. The van der Waals surface area contributed by atoms with Crippen molar-refractivity contribution in [2.45, 2.75) is 67.7 Å². The molecule has 2 aromatic rings. The van der Waals surface area contributed by atoms with Gasteiger partial charge in [0.25, 0.3) is 0 Å². The van der Waals surface area contributed by atoms with Crippen molar-refractivity contribution in [2.75, 3.05) is 29.9 Å². The van der Waals surface area contributed by atoms with Crippen LogP contribution in [0.15, 0.2) is 36.4 Å². The Morgan fingerprint density at radius 1 is 0.862 bits per heavy atom. The van der Waals surface area contributed by atoms with Crippen molar-refractivity contribution in [3.63, 3.8) is 0 Å². The van der Waals surface area contributed by atoms with E-state index in [1.54, 1.807) is 0 Å². The van der Waals surface area contributed by atoms with Crippen molar-refractivity contribution in [1.82, 2.24) is 9.97 Å². The molecule has 0 bridgehead atoms. The van der Waals surface area contributed by atoms with E-state index in [9.17, 15) is 0 Å². The first-order valence-corrected chi connectivity index (χ1v) is 10.9. The van der Waals surface area contributed by atoms with Gasteiger partial charge in [-0.15, -0.1) is 0 Å². The highest BCUT2D eigenvalue weighted by Gasteiger charge is 2.15. The molecule has 1 fully saturated rings. The number of anilines is 3. The standard InChI is InChI=1S/C17H22N4.3C2H6.CH2O/c1-14-13-16(21-11-7-4-8-12-21)19-17(18-14)20(2)15-9-5-3-6-10-15;4*1-2/h3,5-6,9-10,13H,4,7-8,11-12H2,1-2H3;3*1-2H3;1H2. The molecule has 5 heteroatoms. The van der Waals surface area contributed by atoms with Crippen molar-refractivity contribution in [3.05, 3.63) is 42.1 Å². The van der Waals surface area contributed by atoms with Crippen LogP contribution in [0.3, 0.4) is 0 Å². The molecule has 5 nitrogen and oxygen atoms in total. The van der Waals surface area contributed by atoms with Crippen molar-refractivity contribution >= 4 is 24.2 Å². The summed E-state index contributed by atoms with van der Waals surface area (Å²) < 4.78 is 0. The lowest BCUT2D eigenvalue weighted by molar-refractivity contribution is -0.0979. The second-order valence-corrected chi connectivity index (χ2v) is 5.61. The zero-order valence-electron chi connectivity index (χ0n) is 19.9. The second-order valence-electron chi connectivity index (χ2n) is 5.61. The Morgan fingerprint density at radius 3 is 1.90 bits per heavy atom. The Kier molecular flexibility index (Phi) is 18.8. The van der Waals surface area contributed by atoms with E-state index >= 15 is 0 Å². The minimum Gasteiger partial charge on any atom is -0.356 e. The van der Waals surface area contributed by atoms with E-state index in [0.717, 1.165) is 36.2 Å². The summed E-state index contributed by atoms with van der Waals surface area (Å²) in [5.74, 6) is 1.82. The van der Waals surface area contributed by atoms with E-state index in [-0.39, 0.29) is 0 Å². The van der Waals surface area contributed by atoms with E-state index in [4.69, 9.17) is 9.78 Å². The number of nitrogens with zero attached hydrogens (tertiary/aromatic N) is 4. The number of benzene rings is 1. The Morgan fingerprint density at radius 2 is 1.38 bits per heavy atom. The Bertz CT molecular complexity index is 614. The third-order valence-electron chi connectivity index (χ3n) is 3.95. The minimum atomic E-state index is 0.766. The number of aromatic nitrogens is 2. The average Bonchev–Trinajstić information content (AvgIpc) is 2.84. The van der Waals surface area contributed by atoms with Gasteiger partial charge in [-0.05, 0) is 38.3 Å². The van der Waals surface area contributed by atoms with Crippen LogP contribution >= 0.6 is 0 Å². The third-order valence-corrected chi connectivity index (χ3v) is 3.95. The summed E-state index contributed by atoms with van der Waals surface area (Å²) in [6, 6.07) is 12.3. The van der Waals surface area contributed by atoms with Gasteiger partial charge in [0.1, 0.15) is 12.6 Å². The molecule has 1 aromatic carbocycles. The fourth-order valence-corrected chi connectivity index (χ4v) is 2.74. The first-order valence-electron chi connectivity index (χ1n) is 10.9. The zero-order chi connectivity index (χ0) is 22.7. The highest BCUT2D eigenvalue weighted by molar-refractivity contribution is 5.58. The van der Waals surface area contributed by atoms with Crippen molar-refractivity contribution in [1.29, 1.82) is 0 Å². The number of rotatable bonds is 3. The molecular weight excluding hydrogens is 360 g/mol. The van der Waals surface area contributed by atoms with Crippen LogP contribution in [0.1, 0.15) is 66.5 Å². The summed E-state index contributed by atoms with van der Waals surface area (Å²) in [5.41, 5.74) is 2.12. The predicted octanol–water partition coefficient (Wildman–Crippen LogP) is 6.44. The molecule has 0 unspecified atom stereocenters. The molecule has 3 rings (SSSR count). The molecular formula is C24H42N4O. The molecule has 0 amide bonds. The van der Waals surface area contributed by atoms with Crippen LogP contribution in [0.4, 0.5) is 17.5 Å². The van der Waals surface area contributed by atoms with Gasteiger partial charge >= 0.3 is 0 Å². The van der Waals surface area contributed by atoms with Crippen molar-refractivity contribution in [2.24, 2.45) is 0 Å². The van der Waals surface area contributed by atoms with E-state index in [2.05, 4.69) is 28.1 Å². The van der Waals surface area contributed by atoms with Gasteiger partial charge in [0.15, 0.2) is 0 Å². The Labute approximate surface area is 179 Å². The topological polar surface area (TPSA) is 49.3 Å². The number of hydrogen-bond acceptors (Lipinski definition) is 5. The van der Waals surface area contributed by atoms with Crippen LogP contribution in [0.2, 0.25) is 0 Å². The summed E-state index contributed by atoms with van der Waals surface area (Å²) in [6.07, 6.45) is 3.84. The molecule has 0 atom stereocenters. The van der Waals surface area contributed by atoms with Crippen molar-refractivity contribution in [3.8, 4) is 0 Å². The summed E-state index contributed by atoms with van der Waals surface area (Å²) in [4.78, 5) is 21.8. The number of para-hydroxylation sites is 1. The Balaban J connectivity index is 0. The number of piperidine rings is 1. The van der Waals surface area contributed by atoms with Crippen LogP contribution in [-0.2, 0) is 4.79 Å². The summed E-state index contributed by atoms with van der Waals surface area (Å²) in [7, 11) is 2.02. The number of aryl methyl sites for hydroxylation is 1. The summed E-state index contributed by atoms with van der Waals surface area (Å²) in [6.45, 7) is 18.2. The molecule has 0 saturated carbocycles. The first-order chi connectivity index (χ1) is 14.2. The smallest absolute Gasteiger partial charge is 0.231 e. The second kappa shape index (κ2) is 18.9. The lowest BCUT2D eigenvalue weighted by atomic mass is 10.1. The van der Waals surface area contributed by atoms with Crippen LogP contribution in [0.25, 0.3) is 0 Å². The van der Waals surface area contributed by atoms with Gasteiger partial charge in [0.2, 0.25) is 5.95 Å². The fourth-order valence-electron chi connectivity index (χ4n) is 2.74. The van der Waals surface area contributed by atoms with Gasteiger partial charge in [-0.2, -0.15) is 4.98 Å². The number of carbonyl (C=O) groups excluding carboxylic acids is 1. The normalized spacial score (nSPS) is 11.7. The predicted molar refractivity (Wildman–Crippen MR) is 129 cm³/mol. The molecule has 1 aromatic heterocycles. The lowest BCUT2D eigenvalue weighted by Crippen LogP contribution is -2.30. The van der Waals surface area contributed by atoms with Crippen LogP contribution in [0.5, 0.6) is 0 Å². The highest BCUT2D eigenvalue weighted by Crippen LogP contribution is 2.24. The maximum atomic E-state index is 8.00. The van der Waals surface area contributed by atoms with E-state index in [1.165, 1.54) is 19.3 Å². The van der Waals surface area contributed by atoms with Crippen LogP contribution in [-0.4, -0.2) is 36.9 Å². The van der Waals surface area contributed by atoms with Gasteiger partial charge in [-0.25, -0.2) is 4.98 Å². The van der Waals surface area contributed by atoms with Crippen LogP contribution in [0, 0.1) is 6.92 Å². The third kappa shape index (κ3) is 10.1. The van der Waals surface area contributed by atoms with E-state index in [0.29, 0.717) is 0 Å². The molecule has 2 heterocycles. The maximum absolute atomic E-state index is 8.00. The largest absolute Gasteiger partial charge is 0.356 e. The molecule has 0 N–H and O–H groups in total. The summed E-state index contributed by atoms with van der Waals surface area (Å²) in [5, 5.41) is 0. The summed E-state index contributed by atoms with van der Waals surface area (Å²) >= 11 is 0. The average molecular weight is 403 g/mol. The fraction of sp³-hybridized carbons (Fsp3) is 0.542. The van der Waals surface area contributed by atoms with Gasteiger partial charge in [-0.1, -0.05) is 59.7 Å². The van der Waals surface area contributed by atoms with Crippen molar-refractivity contribution < 1.29 is 4.79 Å². The molecule has 0 radical (unpaired) electrons. The van der Waals surface area contributed by atoms with Crippen LogP contribution < -0.4 is 9.80 Å². The Hall–Kier alpha value is -2.43. The molecule has 164 valence electrons. The number of hydrogen-bond donors (Lipinski definition) is 0. The van der Waals surface area contributed by atoms with E-state index in [1.807, 2.05) is 85.4 Å². The first kappa shape index (κ1) is 28.8. The SMILES string of the molecule is C=O.CC.CC.CC.Cc1cc(N2CCCCC2)nc(N(C)c2ccccc2)n1. The maximum Gasteiger partial charge on any atom is 0.231 e. The molecule has 1 aliphatic heterocycles. The molecule has 0 aliphatic carbocycles. The molecule has 1 aliphatic rings. The monoisotopic (exact) mass is 402 g/mol. The number of carbonyl (C=O) groups is 1. The lowest BCUT2D eigenvalue weighted by Gasteiger charge is -2.29. The highest BCUT2D eigenvalue weighted by atomic mass is 16.1. The molecule has 0 spiro atoms. The minimum absolute atomic E-state index is 0.766.